The van der Waals surface area contributed by atoms with Gasteiger partial charge in [-0.3, -0.25) is 34.2 Å². The Morgan fingerprint density at radius 3 is 2.52 bits per heavy atom. The van der Waals surface area contributed by atoms with Gasteiger partial charge in [0.2, 0.25) is 23.6 Å². The zero-order chi connectivity index (χ0) is 44.1. The summed E-state index contributed by atoms with van der Waals surface area (Å²) in [6, 6.07) is 8.71. The van der Waals surface area contributed by atoms with Crippen LogP contribution in [-0.4, -0.2) is 116 Å². The van der Waals surface area contributed by atoms with E-state index in [4.69, 9.17) is 9.84 Å². The number of piperazine rings is 1. The van der Waals surface area contributed by atoms with Gasteiger partial charge < -0.3 is 34.2 Å². The van der Waals surface area contributed by atoms with Crippen LogP contribution in [0.25, 0.3) is 22.0 Å². The lowest BCUT2D eigenvalue weighted by Gasteiger charge is -2.36. The number of piperidine rings is 1. The van der Waals surface area contributed by atoms with Crippen LogP contribution in [-0.2, 0) is 49.8 Å². The first-order valence-corrected chi connectivity index (χ1v) is 22.3. The number of rotatable bonds is 9. The van der Waals surface area contributed by atoms with Crippen molar-refractivity contribution in [1.82, 2.24) is 39.4 Å². The normalized spacial score (nSPS) is 19.5. The van der Waals surface area contributed by atoms with Gasteiger partial charge in [0.25, 0.3) is 6.43 Å². The molecule has 0 saturated carbocycles. The summed E-state index contributed by atoms with van der Waals surface area (Å²) in [5, 5.41) is 11.4. The molecule has 0 bridgehead atoms. The summed E-state index contributed by atoms with van der Waals surface area (Å²) in [4.78, 5) is 67.0. The summed E-state index contributed by atoms with van der Waals surface area (Å²) >= 11 is 0. The van der Waals surface area contributed by atoms with Gasteiger partial charge in [-0.25, -0.2) is 13.8 Å². The van der Waals surface area contributed by atoms with Gasteiger partial charge in [0.15, 0.2) is 5.82 Å². The van der Waals surface area contributed by atoms with Crippen molar-refractivity contribution in [2.24, 2.45) is 0 Å². The van der Waals surface area contributed by atoms with Crippen molar-refractivity contribution in [3.8, 4) is 11.1 Å². The van der Waals surface area contributed by atoms with E-state index in [9.17, 15) is 19.2 Å². The number of aryl methyl sites for hydroxylation is 1. The molecular formula is C46H51F2N11O5. The highest BCUT2D eigenvalue weighted by atomic mass is 19.3. The van der Waals surface area contributed by atoms with Crippen molar-refractivity contribution in [2.75, 3.05) is 67.6 Å². The molecule has 1 unspecified atom stereocenters. The molecule has 334 valence electrons. The van der Waals surface area contributed by atoms with Gasteiger partial charge in [0.05, 0.1) is 30.0 Å². The predicted molar refractivity (Wildman–Crippen MR) is 234 cm³/mol. The van der Waals surface area contributed by atoms with Crippen molar-refractivity contribution in [2.45, 2.75) is 83.5 Å². The van der Waals surface area contributed by atoms with Crippen LogP contribution in [0.2, 0.25) is 0 Å². The molecule has 0 spiro atoms. The van der Waals surface area contributed by atoms with E-state index in [1.54, 1.807) is 37.6 Å². The Morgan fingerprint density at radius 1 is 0.938 bits per heavy atom. The molecule has 4 amide bonds. The molecule has 2 N–H and O–H groups in total. The third-order valence-corrected chi connectivity index (χ3v) is 13.5. The number of hydrogen-bond acceptors (Lipinski definition) is 11. The highest BCUT2D eigenvalue weighted by Crippen LogP contribution is 2.45. The quantitative estimate of drug-likeness (QED) is 0.189. The van der Waals surface area contributed by atoms with Crippen LogP contribution in [0.3, 0.4) is 0 Å². The lowest BCUT2D eigenvalue weighted by atomic mass is 9.91. The molecule has 3 saturated heterocycles. The lowest BCUT2D eigenvalue weighted by molar-refractivity contribution is -0.134. The van der Waals surface area contributed by atoms with Crippen LogP contribution in [0.4, 0.5) is 31.8 Å². The van der Waals surface area contributed by atoms with Gasteiger partial charge in [0, 0.05) is 124 Å². The minimum Gasteiger partial charge on any atom is -0.381 e. The SMILES string of the molecule is CC(=O)N1CCc2c(c(N3CCCc4cc(-c5cn(CC(=O)N6CCN(c7ccc(NC8CCC(=O)NC8=O)nc7)CC6)c6ccncc56)c(C(F)F)cc43)nn2C2CCOCC2)C1. The van der Waals surface area contributed by atoms with E-state index < -0.39 is 12.5 Å². The zero-order valence-electron chi connectivity index (χ0n) is 35.8. The second-order valence-electron chi connectivity index (χ2n) is 17.3. The van der Waals surface area contributed by atoms with Gasteiger partial charge in [0.1, 0.15) is 18.4 Å². The number of carbonyl (C=O) groups is 4. The van der Waals surface area contributed by atoms with Crippen LogP contribution < -0.4 is 20.4 Å². The second-order valence-corrected chi connectivity index (χ2v) is 17.3. The number of fused-ring (bicyclic) bond motifs is 3. The maximum atomic E-state index is 15.4. The molecule has 0 radical (unpaired) electrons. The molecule has 18 heteroatoms. The Balaban J connectivity index is 0.884. The number of anilines is 4. The fourth-order valence-electron chi connectivity index (χ4n) is 10.0. The Hall–Kier alpha value is -6.43. The number of imide groups is 1. The number of nitrogens with one attached hydrogen (secondary N) is 2. The number of benzene rings is 1. The molecule has 9 heterocycles. The van der Waals surface area contributed by atoms with E-state index >= 15 is 8.78 Å². The fraction of sp³-hybridized carbons (Fsp3) is 0.457. The Morgan fingerprint density at radius 2 is 1.77 bits per heavy atom. The van der Waals surface area contributed by atoms with E-state index in [-0.39, 0.29) is 48.2 Å². The first kappa shape index (κ1) is 41.6. The molecule has 16 nitrogen and oxygen atoms in total. The van der Waals surface area contributed by atoms with Gasteiger partial charge in [-0.05, 0) is 73.6 Å². The van der Waals surface area contributed by atoms with Gasteiger partial charge in [-0.2, -0.15) is 5.10 Å². The topological polar surface area (TPSA) is 163 Å². The van der Waals surface area contributed by atoms with Gasteiger partial charge in [-0.15, -0.1) is 0 Å². The minimum atomic E-state index is -2.79. The molecular weight excluding hydrogens is 825 g/mol. The predicted octanol–water partition coefficient (Wildman–Crippen LogP) is 5.14. The summed E-state index contributed by atoms with van der Waals surface area (Å²) in [5.41, 5.74) is 6.26. The number of ether oxygens (including phenoxy) is 1. The van der Waals surface area contributed by atoms with Crippen LogP contribution in [0.1, 0.15) is 73.9 Å². The third kappa shape index (κ3) is 7.92. The van der Waals surface area contributed by atoms with Crippen molar-refractivity contribution < 1.29 is 32.7 Å². The maximum Gasteiger partial charge on any atom is 0.264 e. The number of carbonyl (C=O) groups excluding carboxylic acids is 4. The van der Waals surface area contributed by atoms with Crippen LogP contribution in [0, 0.1) is 0 Å². The molecule has 4 aromatic heterocycles. The van der Waals surface area contributed by atoms with Crippen molar-refractivity contribution >= 4 is 57.5 Å². The van der Waals surface area contributed by atoms with Crippen LogP contribution in [0.5, 0.6) is 0 Å². The standard InChI is InChI=1S/C46H51F2N11O5/c1-28(60)56-14-9-39-36(26-56)45(53-59(39)30-10-19-64-20-11-30)58-13-2-3-29-21-32(33(44(47)48)22-40(29)58)35-25-57(38-8-12-49-24-34(35)38)27-43(62)55-17-15-54(16-18-55)31-4-6-41(50-23-31)51-37-5-7-42(61)52-46(37)63/h4,6,8,12,21-25,30,37,44H,2-3,5,7,9-11,13-20,26-27H2,1H3,(H,50,51)(H,52,61,63). The van der Waals surface area contributed by atoms with E-state index in [2.05, 4.69) is 35.1 Å². The molecule has 5 aliphatic rings. The van der Waals surface area contributed by atoms with E-state index in [1.807, 2.05) is 38.8 Å². The van der Waals surface area contributed by atoms with Crippen molar-refractivity contribution in [3.05, 3.63) is 77.5 Å². The molecule has 5 aliphatic heterocycles. The number of pyridine rings is 2. The average molecular weight is 876 g/mol. The van der Waals surface area contributed by atoms with Gasteiger partial charge >= 0.3 is 0 Å². The first-order chi connectivity index (χ1) is 31.1. The minimum absolute atomic E-state index is 0.00272. The summed E-state index contributed by atoms with van der Waals surface area (Å²) < 4.78 is 40.5. The Bertz CT molecular complexity index is 2620. The van der Waals surface area contributed by atoms with E-state index in [0.717, 1.165) is 53.1 Å². The zero-order valence-corrected chi connectivity index (χ0v) is 35.8. The molecule has 0 aliphatic carbocycles. The first-order valence-electron chi connectivity index (χ1n) is 22.3. The largest absolute Gasteiger partial charge is 0.381 e. The second kappa shape index (κ2) is 17.3. The molecule has 64 heavy (non-hydrogen) atoms. The number of hydrogen-bond donors (Lipinski definition) is 2. The molecule has 1 aromatic carbocycles. The third-order valence-electron chi connectivity index (χ3n) is 13.5. The molecule has 5 aromatic rings. The van der Waals surface area contributed by atoms with Crippen LogP contribution in [0.15, 0.2) is 55.1 Å². The van der Waals surface area contributed by atoms with Gasteiger partial charge in [-0.1, -0.05) is 0 Å². The highest BCUT2D eigenvalue weighted by Gasteiger charge is 2.35. The summed E-state index contributed by atoms with van der Waals surface area (Å²) in [5.74, 6) is 0.553. The summed E-state index contributed by atoms with van der Waals surface area (Å²) in [7, 11) is 0. The number of alkyl halides is 2. The van der Waals surface area contributed by atoms with E-state index in [0.29, 0.717) is 106 Å². The maximum absolute atomic E-state index is 15.4. The average Bonchev–Trinajstić information content (AvgIpc) is 3.88. The lowest BCUT2D eigenvalue weighted by Crippen LogP contribution is -2.49. The highest BCUT2D eigenvalue weighted by molar-refractivity contribution is 6.01. The smallest absolute Gasteiger partial charge is 0.264 e. The number of halogens is 2. The Labute approximate surface area is 368 Å². The molecule has 1 atom stereocenters. The summed E-state index contributed by atoms with van der Waals surface area (Å²) in [6.07, 6.45) is 8.63. The van der Waals surface area contributed by atoms with Crippen molar-refractivity contribution in [3.63, 3.8) is 0 Å². The molecule has 3 fully saturated rings. The molecule has 10 rings (SSSR count). The fourth-order valence-corrected chi connectivity index (χ4v) is 10.0. The monoisotopic (exact) mass is 875 g/mol. The number of amides is 4. The Kier molecular flexibility index (Phi) is 11.2. The van der Waals surface area contributed by atoms with Crippen LogP contribution >= 0.6 is 0 Å². The van der Waals surface area contributed by atoms with Crippen molar-refractivity contribution in [1.29, 1.82) is 0 Å². The van der Waals surface area contributed by atoms with E-state index in [1.165, 1.54) is 0 Å². The number of aromatic nitrogens is 5. The summed E-state index contributed by atoms with van der Waals surface area (Å²) in [6.45, 7) is 6.73. The number of nitrogens with zero attached hydrogens (tertiary/aromatic N) is 9.